The summed E-state index contributed by atoms with van der Waals surface area (Å²) in [5.74, 6) is 0.897. The third-order valence-electron chi connectivity index (χ3n) is 4.64. The summed E-state index contributed by atoms with van der Waals surface area (Å²) in [6.45, 7) is 1.95. The highest BCUT2D eigenvalue weighted by Crippen LogP contribution is 2.13. The van der Waals surface area contributed by atoms with Crippen LogP contribution in [-0.2, 0) is 19.0 Å². The molecule has 0 aromatic rings. The van der Waals surface area contributed by atoms with Gasteiger partial charge < -0.3 is 19.3 Å². The van der Waals surface area contributed by atoms with Crippen molar-refractivity contribution in [1.29, 1.82) is 0 Å². The first-order chi connectivity index (χ1) is 13.8. The van der Waals surface area contributed by atoms with Crippen molar-refractivity contribution >= 4 is 18.6 Å². The Kier molecular flexibility index (Phi) is 24.5. The van der Waals surface area contributed by atoms with Crippen molar-refractivity contribution in [3.8, 4) is 0 Å². The normalized spacial score (nSPS) is 11.1. The highest BCUT2D eigenvalue weighted by Gasteiger charge is 2.02. The van der Waals surface area contributed by atoms with Gasteiger partial charge >= 0.3 is 5.97 Å². The number of ether oxygens (including phenoxy) is 3. The number of unbranched alkanes of at least 4 members (excludes halogenated alkanes) is 12. The van der Waals surface area contributed by atoms with Gasteiger partial charge in [-0.05, 0) is 18.6 Å². The number of carbonyl (C=O) groups excluding carboxylic acids is 1. The van der Waals surface area contributed by atoms with Crippen molar-refractivity contribution < 1.29 is 24.1 Å². The Hall–Kier alpha value is -0.300. The zero-order chi connectivity index (χ0) is 20.5. The van der Waals surface area contributed by atoms with E-state index in [0.717, 1.165) is 18.6 Å². The number of aliphatic hydroxyl groups excluding tert-OH is 1. The van der Waals surface area contributed by atoms with E-state index in [1.165, 1.54) is 70.6 Å². The van der Waals surface area contributed by atoms with Gasteiger partial charge in [-0.15, -0.1) is 0 Å². The van der Waals surface area contributed by atoms with Crippen molar-refractivity contribution in [2.45, 2.75) is 89.9 Å². The zero-order valence-corrected chi connectivity index (χ0v) is 18.8. The molecule has 0 spiro atoms. The molecule has 0 bridgehead atoms. The number of aliphatic hydroxyl groups is 1. The maximum Gasteiger partial charge on any atom is 0.305 e. The third-order valence-corrected chi connectivity index (χ3v) is 4.95. The van der Waals surface area contributed by atoms with Gasteiger partial charge in [0.1, 0.15) is 6.61 Å². The Labute approximate surface area is 178 Å². The second-order valence-corrected chi connectivity index (χ2v) is 7.69. The van der Waals surface area contributed by atoms with E-state index < -0.39 is 0 Å². The molecule has 0 aromatic carbocycles. The van der Waals surface area contributed by atoms with Crippen LogP contribution < -0.4 is 0 Å². The van der Waals surface area contributed by atoms with E-state index in [1.807, 2.05) is 0 Å². The Morgan fingerprint density at radius 3 is 1.54 bits per heavy atom. The average Bonchev–Trinajstić information content (AvgIpc) is 2.70. The Morgan fingerprint density at radius 1 is 0.607 bits per heavy atom. The van der Waals surface area contributed by atoms with E-state index in [9.17, 15) is 4.79 Å². The molecule has 0 aliphatic carbocycles. The van der Waals surface area contributed by atoms with Gasteiger partial charge in [-0.3, -0.25) is 4.79 Å². The standard InChI is InChI=1S/C22H44O5S/c23-15-16-25-17-18-26-19-20-27-22(24)14-12-10-8-6-4-2-1-3-5-7-9-11-13-21-28/h23,28H,1-21H2. The first-order valence-corrected chi connectivity index (χ1v) is 12.0. The average molecular weight is 421 g/mol. The molecule has 5 nitrogen and oxygen atoms in total. The molecule has 0 heterocycles. The molecule has 0 saturated carbocycles. The quantitative estimate of drug-likeness (QED) is 0.139. The number of carbonyl (C=O) groups is 1. The Bertz CT molecular complexity index is 315. The number of esters is 1. The monoisotopic (exact) mass is 420 g/mol. The largest absolute Gasteiger partial charge is 0.463 e. The lowest BCUT2D eigenvalue weighted by Crippen LogP contribution is -2.13. The maximum absolute atomic E-state index is 11.6. The molecular formula is C22H44O5S. The molecule has 0 amide bonds. The van der Waals surface area contributed by atoms with E-state index in [-0.39, 0.29) is 12.6 Å². The van der Waals surface area contributed by atoms with Gasteiger partial charge in [0.25, 0.3) is 0 Å². The topological polar surface area (TPSA) is 65.0 Å². The molecular weight excluding hydrogens is 376 g/mol. The van der Waals surface area contributed by atoms with Gasteiger partial charge in [0.15, 0.2) is 0 Å². The Balaban J connectivity index is 3.12. The van der Waals surface area contributed by atoms with E-state index >= 15 is 0 Å². The van der Waals surface area contributed by atoms with Gasteiger partial charge in [0.2, 0.25) is 0 Å². The van der Waals surface area contributed by atoms with Gasteiger partial charge in [-0.1, -0.05) is 70.6 Å². The van der Waals surface area contributed by atoms with Crippen molar-refractivity contribution in [3.05, 3.63) is 0 Å². The zero-order valence-electron chi connectivity index (χ0n) is 17.9. The predicted octanol–water partition coefficient (Wildman–Crippen LogP) is 4.95. The Morgan fingerprint density at radius 2 is 1.04 bits per heavy atom. The second kappa shape index (κ2) is 24.7. The summed E-state index contributed by atoms with van der Waals surface area (Å²) in [7, 11) is 0. The molecule has 0 atom stereocenters. The molecule has 0 aliphatic rings. The van der Waals surface area contributed by atoms with Crippen LogP contribution in [0.1, 0.15) is 89.9 Å². The molecule has 0 saturated heterocycles. The lowest BCUT2D eigenvalue weighted by atomic mass is 10.0. The fourth-order valence-electron chi connectivity index (χ4n) is 3.00. The van der Waals surface area contributed by atoms with Gasteiger partial charge in [-0.25, -0.2) is 0 Å². The van der Waals surface area contributed by atoms with Gasteiger partial charge in [0.05, 0.1) is 33.0 Å². The third kappa shape index (κ3) is 23.7. The SMILES string of the molecule is O=C(CCCCCCCCCCCCCCCS)OCCOCCOCCO. The molecule has 28 heavy (non-hydrogen) atoms. The summed E-state index contributed by atoms with van der Waals surface area (Å²) in [6, 6.07) is 0. The smallest absolute Gasteiger partial charge is 0.305 e. The van der Waals surface area contributed by atoms with Crippen LogP contribution in [0.5, 0.6) is 0 Å². The molecule has 0 rings (SSSR count). The van der Waals surface area contributed by atoms with Crippen molar-refractivity contribution in [1.82, 2.24) is 0 Å². The summed E-state index contributed by atoms with van der Waals surface area (Å²) < 4.78 is 15.5. The highest BCUT2D eigenvalue weighted by molar-refractivity contribution is 7.80. The fraction of sp³-hybridized carbons (Fsp3) is 0.955. The summed E-state index contributed by atoms with van der Waals surface area (Å²) in [5.41, 5.74) is 0. The van der Waals surface area contributed by atoms with Crippen LogP contribution in [-0.4, -0.2) is 56.5 Å². The van der Waals surface area contributed by atoms with Crippen LogP contribution in [0, 0.1) is 0 Å². The van der Waals surface area contributed by atoms with Crippen LogP contribution in [0.3, 0.4) is 0 Å². The van der Waals surface area contributed by atoms with E-state index in [2.05, 4.69) is 12.6 Å². The van der Waals surface area contributed by atoms with Crippen molar-refractivity contribution in [2.24, 2.45) is 0 Å². The van der Waals surface area contributed by atoms with Crippen LogP contribution in [0.4, 0.5) is 0 Å². The van der Waals surface area contributed by atoms with Gasteiger partial charge in [-0.2, -0.15) is 12.6 Å². The van der Waals surface area contributed by atoms with Crippen LogP contribution in [0.2, 0.25) is 0 Å². The number of hydrogen-bond acceptors (Lipinski definition) is 6. The minimum atomic E-state index is -0.130. The highest BCUT2D eigenvalue weighted by atomic mass is 32.1. The predicted molar refractivity (Wildman–Crippen MR) is 118 cm³/mol. The molecule has 6 heteroatoms. The lowest BCUT2D eigenvalue weighted by Gasteiger charge is -2.06. The van der Waals surface area contributed by atoms with Crippen molar-refractivity contribution in [3.63, 3.8) is 0 Å². The van der Waals surface area contributed by atoms with Gasteiger partial charge in [0, 0.05) is 6.42 Å². The van der Waals surface area contributed by atoms with Crippen molar-refractivity contribution in [2.75, 3.05) is 45.4 Å². The minimum Gasteiger partial charge on any atom is -0.463 e. The summed E-state index contributed by atoms with van der Waals surface area (Å²) >= 11 is 4.24. The van der Waals surface area contributed by atoms with E-state index in [4.69, 9.17) is 19.3 Å². The second-order valence-electron chi connectivity index (χ2n) is 7.24. The number of thiol groups is 1. The van der Waals surface area contributed by atoms with E-state index in [0.29, 0.717) is 39.5 Å². The molecule has 0 radical (unpaired) electrons. The number of rotatable bonds is 23. The summed E-state index contributed by atoms with van der Waals surface area (Å²) in [6.07, 6.45) is 17.2. The molecule has 168 valence electrons. The lowest BCUT2D eigenvalue weighted by molar-refractivity contribution is -0.145. The fourth-order valence-corrected chi connectivity index (χ4v) is 3.22. The molecule has 0 aliphatic heterocycles. The summed E-state index contributed by atoms with van der Waals surface area (Å²) in [5, 5.41) is 8.54. The van der Waals surface area contributed by atoms with E-state index in [1.54, 1.807) is 0 Å². The maximum atomic E-state index is 11.6. The number of hydrogen-bond donors (Lipinski definition) is 2. The molecule has 0 unspecified atom stereocenters. The molecule has 0 fully saturated rings. The first-order valence-electron chi connectivity index (χ1n) is 11.3. The van der Waals surface area contributed by atoms with Crippen LogP contribution in [0.25, 0.3) is 0 Å². The summed E-state index contributed by atoms with van der Waals surface area (Å²) in [4.78, 5) is 11.6. The molecule has 0 aromatic heterocycles. The minimum absolute atomic E-state index is 0.0229. The van der Waals surface area contributed by atoms with Crippen LogP contribution >= 0.6 is 12.6 Å². The van der Waals surface area contributed by atoms with Crippen LogP contribution in [0.15, 0.2) is 0 Å². The molecule has 1 N–H and O–H groups in total. The first kappa shape index (κ1) is 27.7.